The number of allylic oxidation sites excluding steroid dienone is 3. The minimum Gasteiger partial charge on any atom is -0.495 e. The Balaban J connectivity index is 1.72. The molecule has 2 fully saturated rings. The monoisotopic (exact) mass is 359 g/mol. The van der Waals surface area contributed by atoms with E-state index in [9.17, 15) is 0 Å². The number of nitrogens with one attached hydrogen (secondary N) is 2. The zero-order chi connectivity index (χ0) is 18.5. The Morgan fingerprint density at radius 3 is 2.88 bits per heavy atom. The molecule has 0 bridgehead atoms. The fourth-order valence-electron chi connectivity index (χ4n) is 3.47. The highest BCUT2D eigenvalue weighted by Crippen LogP contribution is 2.34. The number of rotatable bonds is 6. The maximum absolute atomic E-state index is 5.90. The predicted molar refractivity (Wildman–Crippen MR) is 103 cm³/mol. The quantitative estimate of drug-likeness (QED) is 0.378. The van der Waals surface area contributed by atoms with Crippen molar-refractivity contribution < 1.29 is 9.47 Å². The molecule has 2 aliphatic heterocycles. The number of nitrogens with two attached hydrogens (primary N) is 1. The number of fused-ring (bicyclic) bond motifs is 1. The third kappa shape index (κ3) is 4.28. The molecule has 0 saturated carbocycles. The molecule has 1 aliphatic carbocycles. The Morgan fingerprint density at radius 2 is 2.19 bits per heavy atom. The molecule has 1 unspecified atom stereocenters. The molecular formula is C19H29N5O2. The molecule has 0 aromatic heterocycles. The third-order valence-electron chi connectivity index (χ3n) is 4.69. The minimum absolute atomic E-state index is 0.0738. The first kappa shape index (κ1) is 18.5. The van der Waals surface area contributed by atoms with Crippen LogP contribution in [0, 0.1) is 5.92 Å². The van der Waals surface area contributed by atoms with Crippen LogP contribution in [0.5, 0.6) is 0 Å². The van der Waals surface area contributed by atoms with Crippen LogP contribution in [-0.4, -0.2) is 49.7 Å². The minimum atomic E-state index is 0.0738. The SMILES string of the molecule is C=C(/C=C(\N=C/N)N1CCOCC1)[C@@H]1NNC2=CC=C(OC(C)C)CC21. The summed E-state index contributed by atoms with van der Waals surface area (Å²) in [6.07, 6.45) is 8.48. The van der Waals surface area contributed by atoms with Crippen LogP contribution in [0.15, 0.2) is 52.6 Å². The highest BCUT2D eigenvalue weighted by molar-refractivity contribution is 5.53. The maximum atomic E-state index is 5.90. The van der Waals surface area contributed by atoms with Gasteiger partial charge in [0, 0.05) is 31.1 Å². The molecule has 26 heavy (non-hydrogen) atoms. The van der Waals surface area contributed by atoms with Crippen molar-refractivity contribution >= 4 is 6.34 Å². The lowest BCUT2D eigenvalue weighted by Crippen LogP contribution is -2.36. The molecule has 0 aromatic carbocycles. The number of ether oxygens (including phenoxy) is 2. The molecule has 3 aliphatic rings. The topological polar surface area (TPSA) is 84.1 Å². The Kier molecular flexibility index (Phi) is 6.00. The molecule has 2 atom stereocenters. The number of hydrogen-bond donors (Lipinski definition) is 3. The third-order valence-corrected chi connectivity index (χ3v) is 4.69. The lowest BCUT2D eigenvalue weighted by atomic mass is 9.87. The normalized spacial score (nSPS) is 26.4. The van der Waals surface area contributed by atoms with Gasteiger partial charge in [-0.05, 0) is 37.6 Å². The molecule has 2 saturated heterocycles. The van der Waals surface area contributed by atoms with E-state index in [-0.39, 0.29) is 18.1 Å². The second kappa shape index (κ2) is 8.42. The van der Waals surface area contributed by atoms with Gasteiger partial charge >= 0.3 is 0 Å². The fraction of sp³-hybridized carbons (Fsp3) is 0.526. The van der Waals surface area contributed by atoms with Gasteiger partial charge in [-0.3, -0.25) is 0 Å². The van der Waals surface area contributed by atoms with E-state index in [4.69, 9.17) is 15.2 Å². The molecule has 0 aromatic rings. The highest BCUT2D eigenvalue weighted by atomic mass is 16.5. The summed E-state index contributed by atoms with van der Waals surface area (Å²) in [6.45, 7) is 11.4. The van der Waals surface area contributed by atoms with Crippen molar-refractivity contribution in [1.29, 1.82) is 0 Å². The van der Waals surface area contributed by atoms with Gasteiger partial charge in [-0.25, -0.2) is 10.4 Å². The van der Waals surface area contributed by atoms with Crippen molar-refractivity contribution in [2.75, 3.05) is 26.3 Å². The standard InChI is InChI=1S/C19H29N5O2/c1-13(2)26-15-4-5-17-16(11-15)19(23-22-17)14(3)10-18(21-12-20)24-6-8-25-9-7-24/h4-5,10,12-13,16,19,22-23H,3,6-9,11H2,1-2H3,(H2,20,21)/b18-10+/t16?,19-/m0/s1. The van der Waals surface area contributed by atoms with E-state index < -0.39 is 0 Å². The van der Waals surface area contributed by atoms with Crippen LogP contribution in [0.25, 0.3) is 0 Å². The van der Waals surface area contributed by atoms with Gasteiger partial charge in [-0.1, -0.05) is 6.58 Å². The van der Waals surface area contributed by atoms with Crippen molar-refractivity contribution in [3.05, 3.63) is 47.7 Å². The zero-order valence-electron chi connectivity index (χ0n) is 15.6. The average molecular weight is 359 g/mol. The molecule has 0 spiro atoms. The van der Waals surface area contributed by atoms with Crippen LogP contribution in [0.1, 0.15) is 20.3 Å². The van der Waals surface area contributed by atoms with Gasteiger partial charge in [0.05, 0.1) is 37.5 Å². The smallest absolute Gasteiger partial charge is 0.130 e. The Hall–Kier alpha value is -2.25. The van der Waals surface area contributed by atoms with E-state index in [1.54, 1.807) is 0 Å². The van der Waals surface area contributed by atoms with E-state index in [1.165, 1.54) is 6.34 Å². The van der Waals surface area contributed by atoms with E-state index in [2.05, 4.69) is 33.4 Å². The first-order valence-corrected chi connectivity index (χ1v) is 9.15. The van der Waals surface area contributed by atoms with Crippen molar-refractivity contribution in [3.8, 4) is 0 Å². The number of hydrogen-bond acceptors (Lipinski definition) is 6. The molecule has 3 rings (SSSR count). The fourth-order valence-corrected chi connectivity index (χ4v) is 3.47. The van der Waals surface area contributed by atoms with E-state index in [1.807, 2.05) is 26.0 Å². The first-order valence-electron chi connectivity index (χ1n) is 9.15. The van der Waals surface area contributed by atoms with E-state index >= 15 is 0 Å². The molecule has 0 radical (unpaired) electrons. The van der Waals surface area contributed by atoms with Gasteiger partial charge in [0.15, 0.2) is 0 Å². The van der Waals surface area contributed by atoms with Crippen LogP contribution in [0.2, 0.25) is 0 Å². The Bertz CT molecular complexity index is 644. The number of morpholine rings is 1. The molecule has 4 N–H and O–H groups in total. The van der Waals surface area contributed by atoms with Crippen LogP contribution in [-0.2, 0) is 9.47 Å². The lowest BCUT2D eigenvalue weighted by molar-refractivity contribution is 0.0531. The number of aliphatic imine (C=N–C) groups is 1. The largest absolute Gasteiger partial charge is 0.495 e. The van der Waals surface area contributed by atoms with Gasteiger partial charge in [-0.2, -0.15) is 0 Å². The lowest BCUT2D eigenvalue weighted by Gasteiger charge is -2.29. The van der Waals surface area contributed by atoms with Gasteiger partial charge < -0.3 is 25.5 Å². The molecule has 0 amide bonds. The van der Waals surface area contributed by atoms with Crippen molar-refractivity contribution in [2.45, 2.75) is 32.4 Å². The summed E-state index contributed by atoms with van der Waals surface area (Å²) in [7, 11) is 0. The van der Waals surface area contributed by atoms with E-state index in [0.29, 0.717) is 13.2 Å². The number of hydrazine groups is 1. The Labute approximate surface area is 155 Å². The molecular weight excluding hydrogens is 330 g/mol. The van der Waals surface area contributed by atoms with Crippen LogP contribution in [0.4, 0.5) is 0 Å². The highest BCUT2D eigenvalue weighted by Gasteiger charge is 2.35. The van der Waals surface area contributed by atoms with Gasteiger partial charge in [-0.15, -0.1) is 0 Å². The average Bonchev–Trinajstić information content (AvgIpc) is 3.05. The Morgan fingerprint density at radius 1 is 1.42 bits per heavy atom. The summed E-state index contributed by atoms with van der Waals surface area (Å²) >= 11 is 0. The second-order valence-electron chi connectivity index (χ2n) is 6.93. The van der Waals surface area contributed by atoms with Crippen molar-refractivity contribution in [2.24, 2.45) is 16.6 Å². The molecule has 7 nitrogen and oxygen atoms in total. The summed E-state index contributed by atoms with van der Waals surface area (Å²) in [5.41, 5.74) is 14.3. The van der Waals surface area contributed by atoms with Crippen LogP contribution < -0.4 is 16.6 Å². The van der Waals surface area contributed by atoms with Gasteiger partial charge in [0.1, 0.15) is 5.82 Å². The second-order valence-corrected chi connectivity index (χ2v) is 6.93. The summed E-state index contributed by atoms with van der Waals surface area (Å²) in [4.78, 5) is 6.51. The summed E-state index contributed by atoms with van der Waals surface area (Å²) < 4.78 is 11.3. The zero-order valence-corrected chi connectivity index (χ0v) is 15.6. The predicted octanol–water partition coefficient (Wildman–Crippen LogP) is 1.39. The summed E-state index contributed by atoms with van der Waals surface area (Å²) in [5.74, 6) is 2.10. The van der Waals surface area contributed by atoms with E-state index in [0.717, 1.165) is 42.4 Å². The molecule has 2 heterocycles. The summed E-state index contributed by atoms with van der Waals surface area (Å²) in [5, 5.41) is 0. The van der Waals surface area contributed by atoms with Gasteiger partial charge in [0.25, 0.3) is 0 Å². The van der Waals surface area contributed by atoms with Crippen molar-refractivity contribution in [3.63, 3.8) is 0 Å². The number of nitrogens with zero attached hydrogens (tertiary/aromatic N) is 2. The molecule has 7 heteroatoms. The summed E-state index contributed by atoms with van der Waals surface area (Å²) in [6, 6.07) is 0.0738. The maximum Gasteiger partial charge on any atom is 0.130 e. The van der Waals surface area contributed by atoms with Crippen LogP contribution >= 0.6 is 0 Å². The van der Waals surface area contributed by atoms with Gasteiger partial charge in [0.2, 0.25) is 0 Å². The molecule has 142 valence electrons. The van der Waals surface area contributed by atoms with Crippen molar-refractivity contribution in [1.82, 2.24) is 15.8 Å². The van der Waals surface area contributed by atoms with Crippen LogP contribution in [0.3, 0.4) is 0 Å². The first-order chi connectivity index (χ1) is 12.6.